The van der Waals surface area contributed by atoms with Gasteiger partial charge in [-0.05, 0) is 48.9 Å². The van der Waals surface area contributed by atoms with Crippen molar-refractivity contribution < 1.29 is 27.1 Å². The minimum absolute atomic E-state index is 0.281. The smallest absolute Gasteiger partial charge is 0.312 e. The lowest BCUT2D eigenvalue weighted by molar-refractivity contribution is -0.0758. The van der Waals surface area contributed by atoms with E-state index in [-0.39, 0.29) is 5.41 Å². The number of hydrogen-bond acceptors (Lipinski definition) is 6. The molecule has 0 saturated carbocycles. The van der Waals surface area contributed by atoms with Crippen molar-refractivity contribution in [3.05, 3.63) is 70.8 Å². The maximum Gasteiger partial charge on any atom is 0.332 e. The van der Waals surface area contributed by atoms with Crippen LogP contribution in [-0.4, -0.2) is 39.6 Å². The molecule has 2 aliphatic rings. The van der Waals surface area contributed by atoms with Crippen molar-refractivity contribution in [2.24, 2.45) is 5.41 Å². The molecule has 2 saturated heterocycles. The molecule has 2 heterocycles. The van der Waals surface area contributed by atoms with Crippen LogP contribution in [0.3, 0.4) is 0 Å². The average Bonchev–Trinajstić information content (AvgIpc) is 2.79. The molecule has 4 rings (SSSR count). The molecule has 0 aromatic heterocycles. The van der Waals surface area contributed by atoms with E-state index in [9.17, 15) is 0 Å². The second-order valence-corrected chi connectivity index (χ2v) is 10.5. The van der Waals surface area contributed by atoms with E-state index in [0.717, 1.165) is 12.8 Å². The van der Waals surface area contributed by atoms with Gasteiger partial charge >= 0.3 is 17.2 Å². The quantitative estimate of drug-likeness (QED) is 0.471. The summed E-state index contributed by atoms with van der Waals surface area (Å²) < 4.78 is 35.1. The van der Waals surface area contributed by atoms with Crippen LogP contribution in [0.5, 0.6) is 0 Å². The summed E-state index contributed by atoms with van der Waals surface area (Å²) in [5.74, 6) is 0. The van der Waals surface area contributed by atoms with Crippen molar-refractivity contribution in [1.82, 2.24) is 0 Å². The Morgan fingerprint density at radius 2 is 1.23 bits per heavy atom. The highest BCUT2D eigenvalue weighted by Crippen LogP contribution is 2.53. The van der Waals surface area contributed by atoms with Gasteiger partial charge in [-0.1, -0.05) is 48.5 Å². The first-order valence-corrected chi connectivity index (χ1v) is 12.8. The zero-order valence-electron chi connectivity index (χ0n) is 18.1. The van der Waals surface area contributed by atoms with E-state index in [0.29, 0.717) is 39.6 Å². The summed E-state index contributed by atoms with van der Waals surface area (Å²) in [5.41, 5.74) is 4.88. The highest BCUT2D eigenvalue weighted by Gasteiger charge is 2.43. The van der Waals surface area contributed by atoms with E-state index in [4.69, 9.17) is 27.1 Å². The van der Waals surface area contributed by atoms with Crippen LogP contribution in [0.15, 0.2) is 48.5 Å². The highest BCUT2D eigenvalue weighted by molar-refractivity contribution is 7.42. The van der Waals surface area contributed by atoms with Gasteiger partial charge in [0.2, 0.25) is 0 Å². The summed E-state index contributed by atoms with van der Waals surface area (Å²) in [6, 6.07) is 16.6. The molecule has 2 aromatic carbocycles. The molecule has 0 radical (unpaired) electrons. The molecule has 8 heteroatoms. The van der Waals surface area contributed by atoms with Crippen molar-refractivity contribution in [3.63, 3.8) is 0 Å². The zero-order chi connectivity index (χ0) is 21.5. The third-order valence-electron chi connectivity index (χ3n) is 5.53. The second kappa shape index (κ2) is 11.3. The highest BCUT2D eigenvalue weighted by atomic mass is 31.2. The van der Waals surface area contributed by atoms with Crippen molar-refractivity contribution >= 4 is 17.2 Å². The maximum absolute atomic E-state index is 5.87. The molecule has 2 aromatic rings. The standard InChI is InChI=1S/C23H30O6P2/c1-19-7-6-8-20(2)22(19)12-14-25-31-28-17-23(18-29-31)15-26-30(27-16-23)24-13-11-21-9-4-3-5-10-21/h3-10H,11-18H2,1-2H3. The van der Waals surface area contributed by atoms with Crippen LogP contribution in [0.4, 0.5) is 0 Å². The lowest BCUT2D eigenvalue weighted by Crippen LogP contribution is -2.44. The van der Waals surface area contributed by atoms with E-state index in [2.05, 4.69) is 44.2 Å². The van der Waals surface area contributed by atoms with Crippen LogP contribution < -0.4 is 0 Å². The minimum atomic E-state index is -1.32. The van der Waals surface area contributed by atoms with Crippen LogP contribution in [0.1, 0.15) is 22.3 Å². The summed E-state index contributed by atoms with van der Waals surface area (Å²) in [4.78, 5) is 0. The lowest BCUT2D eigenvalue weighted by atomic mass is 9.93. The van der Waals surface area contributed by atoms with Gasteiger partial charge in [0, 0.05) is 0 Å². The number of aryl methyl sites for hydroxylation is 2. The summed E-state index contributed by atoms with van der Waals surface area (Å²) in [6.07, 6.45) is 1.69. The first-order valence-electron chi connectivity index (χ1n) is 10.6. The molecule has 168 valence electrons. The predicted molar refractivity (Wildman–Crippen MR) is 122 cm³/mol. The predicted octanol–water partition coefficient (Wildman–Crippen LogP) is 5.66. The van der Waals surface area contributed by atoms with E-state index in [1.807, 2.05) is 18.2 Å². The Balaban J connectivity index is 1.13. The molecular weight excluding hydrogens is 434 g/mol. The summed E-state index contributed by atoms with van der Waals surface area (Å²) >= 11 is 0. The van der Waals surface area contributed by atoms with Crippen LogP contribution in [0.25, 0.3) is 0 Å². The van der Waals surface area contributed by atoms with Gasteiger partial charge in [-0.15, -0.1) is 0 Å². The van der Waals surface area contributed by atoms with E-state index in [1.54, 1.807) is 0 Å². The Morgan fingerprint density at radius 3 is 1.77 bits per heavy atom. The Labute approximate surface area is 187 Å². The SMILES string of the molecule is Cc1cccc(C)c1CCOP1OCC2(COP(OCCc3ccccc3)OC2)CO1. The first-order chi connectivity index (χ1) is 15.1. The Hall–Kier alpha value is -0.940. The van der Waals surface area contributed by atoms with Crippen molar-refractivity contribution in [2.75, 3.05) is 39.6 Å². The molecule has 0 N–H and O–H groups in total. The number of benzene rings is 2. The maximum atomic E-state index is 5.87. The summed E-state index contributed by atoms with van der Waals surface area (Å²) in [7, 11) is -2.63. The van der Waals surface area contributed by atoms with Gasteiger partial charge in [-0.3, -0.25) is 0 Å². The second-order valence-electron chi connectivity index (χ2n) is 8.06. The topological polar surface area (TPSA) is 55.4 Å². The van der Waals surface area contributed by atoms with Gasteiger partial charge in [-0.25, -0.2) is 0 Å². The fourth-order valence-corrected chi connectivity index (χ4v) is 6.03. The van der Waals surface area contributed by atoms with Gasteiger partial charge in [0.25, 0.3) is 0 Å². The first kappa shape index (κ1) is 23.2. The zero-order valence-corrected chi connectivity index (χ0v) is 19.9. The normalized spacial score (nSPS) is 26.3. The van der Waals surface area contributed by atoms with Gasteiger partial charge in [-0.2, -0.15) is 0 Å². The van der Waals surface area contributed by atoms with Crippen molar-refractivity contribution in [1.29, 1.82) is 0 Å². The molecule has 0 amide bonds. The van der Waals surface area contributed by atoms with Gasteiger partial charge in [0.15, 0.2) is 0 Å². The van der Waals surface area contributed by atoms with Crippen LogP contribution in [0.2, 0.25) is 0 Å². The molecule has 0 unspecified atom stereocenters. The van der Waals surface area contributed by atoms with Gasteiger partial charge in [0.1, 0.15) is 0 Å². The molecule has 0 bridgehead atoms. The molecule has 2 aliphatic heterocycles. The van der Waals surface area contributed by atoms with Gasteiger partial charge in [0.05, 0.1) is 45.1 Å². The largest absolute Gasteiger partial charge is 0.332 e. The molecule has 2 fully saturated rings. The molecular formula is C23H30O6P2. The van der Waals surface area contributed by atoms with E-state index < -0.39 is 17.2 Å². The Bertz CT molecular complexity index is 796. The van der Waals surface area contributed by atoms with E-state index in [1.165, 1.54) is 22.3 Å². The Kier molecular flexibility index (Phi) is 8.44. The average molecular weight is 464 g/mol. The molecule has 1 spiro atoms. The van der Waals surface area contributed by atoms with Crippen molar-refractivity contribution in [2.45, 2.75) is 26.7 Å². The fraction of sp³-hybridized carbons (Fsp3) is 0.478. The third-order valence-corrected chi connectivity index (χ3v) is 7.67. The Morgan fingerprint density at radius 1 is 0.710 bits per heavy atom. The van der Waals surface area contributed by atoms with Gasteiger partial charge < -0.3 is 27.1 Å². The molecule has 0 aliphatic carbocycles. The minimum Gasteiger partial charge on any atom is -0.312 e. The third kappa shape index (κ3) is 6.54. The molecule has 0 atom stereocenters. The van der Waals surface area contributed by atoms with E-state index >= 15 is 0 Å². The number of hydrogen-bond donors (Lipinski definition) is 0. The van der Waals surface area contributed by atoms with Crippen molar-refractivity contribution in [3.8, 4) is 0 Å². The fourth-order valence-electron chi connectivity index (χ4n) is 3.58. The number of rotatable bonds is 8. The molecule has 31 heavy (non-hydrogen) atoms. The van der Waals surface area contributed by atoms with Crippen LogP contribution >= 0.6 is 17.2 Å². The molecule has 6 nitrogen and oxygen atoms in total. The van der Waals surface area contributed by atoms with Crippen LogP contribution in [0, 0.1) is 19.3 Å². The monoisotopic (exact) mass is 464 g/mol. The lowest BCUT2D eigenvalue weighted by Gasteiger charge is -2.41. The summed E-state index contributed by atoms with van der Waals surface area (Å²) in [6.45, 7) is 7.46. The summed E-state index contributed by atoms with van der Waals surface area (Å²) in [5, 5.41) is 0. The van der Waals surface area contributed by atoms with Crippen LogP contribution in [-0.2, 0) is 40.0 Å².